The molecule has 2 heterocycles. The van der Waals surface area contributed by atoms with Gasteiger partial charge in [0.25, 0.3) is 0 Å². The zero-order chi connectivity index (χ0) is 8.55. The van der Waals surface area contributed by atoms with Crippen molar-refractivity contribution in [3.8, 4) is 0 Å². The largest absolute Gasteiger partial charge is 0.320 e. The Morgan fingerprint density at radius 1 is 1.50 bits per heavy atom. The molecule has 62 valence electrons. The molecule has 0 amide bonds. The Bertz CT molecular complexity index is 392. The van der Waals surface area contributed by atoms with Crippen LogP contribution in [0.3, 0.4) is 0 Å². The number of alkyl halides is 1. The van der Waals surface area contributed by atoms with E-state index in [0.29, 0.717) is 4.95 Å². The van der Waals surface area contributed by atoms with E-state index in [1.807, 2.05) is 18.5 Å². The molecule has 0 aliphatic heterocycles. The molecule has 0 bridgehead atoms. The molecule has 1 atom stereocenters. The van der Waals surface area contributed by atoms with Crippen molar-refractivity contribution < 1.29 is 0 Å². The van der Waals surface area contributed by atoms with Crippen LogP contribution in [0.2, 0.25) is 0 Å². The molecule has 2 aromatic heterocycles. The highest BCUT2D eigenvalue weighted by Gasteiger charge is 2.03. The Kier molecular flexibility index (Phi) is 1.89. The molecule has 2 aromatic rings. The third-order valence-electron chi connectivity index (χ3n) is 1.86. The summed E-state index contributed by atoms with van der Waals surface area (Å²) in [7, 11) is 0. The van der Waals surface area contributed by atoms with E-state index in [9.17, 15) is 0 Å². The average molecular weight is 225 g/mol. The molecule has 0 aromatic carbocycles. The Balaban J connectivity index is 2.70. The van der Waals surface area contributed by atoms with E-state index in [-0.39, 0.29) is 0 Å². The Morgan fingerprint density at radius 3 is 3.08 bits per heavy atom. The van der Waals surface area contributed by atoms with Crippen LogP contribution >= 0.6 is 15.9 Å². The molecule has 0 aliphatic carbocycles. The molecular formula is C9H9BrN2. The van der Waals surface area contributed by atoms with Crippen molar-refractivity contribution in [1.29, 1.82) is 0 Å². The third-order valence-corrected chi connectivity index (χ3v) is 2.30. The van der Waals surface area contributed by atoms with Gasteiger partial charge in [0.2, 0.25) is 0 Å². The van der Waals surface area contributed by atoms with E-state index < -0.39 is 0 Å². The minimum absolute atomic E-state index is 0.296. The highest BCUT2D eigenvalue weighted by Crippen LogP contribution is 2.20. The maximum Gasteiger partial charge on any atom is 0.140 e. The average Bonchev–Trinajstić information content (AvgIpc) is 2.47. The van der Waals surface area contributed by atoms with Crippen molar-refractivity contribution in [2.75, 3.05) is 0 Å². The molecule has 2 rings (SSSR count). The number of rotatable bonds is 1. The van der Waals surface area contributed by atoms with Crippen LogP contribution in [-0.2, 0) is 0 Å². The normalized spacial score (nSPS) is 13.5. The molecule has 0 radical (unpaired) electrons. The summed E-state index contributed by atoms with van der Waals surface area (Å²) < 4.78 is 2.09. The Labute approximate surface area is 79.3 Å². The molecule has 1 unspecified atom stereocenters. The molecule has 0 saturated carbocycles. The van der Waals surface area contributed by atoms with E-state index in [1.54, 1.807) is 0 Å². The van der Waals surface area contributed by atoms with Gasteiger partial charge in [0.05, 0.1) is 4.95 Å². The number of halogens is 1. The lowest BCUT2D eigenvalue weighted by molar-refractivity contribution is 0.778. The summed E-state index contributed by atoms with van der Waals surface area (Å²) in [6.07, 6.45) is 3.85. The van der Waals surface area contributed by atoms with Crippen LogP contribution in [0.1, 0.15) is 11.9 Å². The van der Waals surface area contributed by atoms with Crippen LogP contribution in [-0.4, -0.2) is 9.55 Å². The van der Waals surface area contributed by atoms with Crippen molar-refractivity contribution in [3.05, 3.63) is 30.6 Å². The van der Waals surface area contributed by atoms with E-state index in [2.05, 4.69) is 44.5 Å². The van der Waals surface area contributed by atoms with Crippen LogP contribution in [0, 0.1) is 0 Å². The maximum absolute atomic E-state index is 4.30. The fourth-order valence-corrected chi connectivity index (χ4v) is 1.60. The summed E-state index contributed by atoms with van der Waals surface area (Å²) in [5.74, 6) is 0. The van der Waals surface area contributed by atoms with E-state index in [1.165, 1.54) is 5.39 Å². The number of hydrogen-bond acceptors (Lipinski definition) is 1. The number of pyridine rings is 1. The lowest BCUT2D eigenvalue weighted by Gasteiger charge is -2.05. The maximum atomic E-state index is 4.30. The Morgan fingerprint density at radius 2 is 2.33 bits per heavy atom. The summed E-state index contributed by atoms with van der Waals surface area (Å²) in [6, 6.07) is 6.08. The molecular weight excluding hydrogens is 216 g/mol. The van der Waals surface area contributed by atoms with Crippen molar-refractivity contribution in [2.24, 2.45) is 0 Å². The zero-order valence-corrected chi connectivity index (χ0v) is 8.32. The molecule has 0 N–H and O–H groups in total. The van der Waals surface area contributed by atoms with Gasteiger partial charge < -0.3 is 4.57 Å². The SMILES string of the molecule is CC(Br)n1ccc2cccnc21. The van der Waals surface area contributed by atoms with Gasteiger partial charge in [-0.05, 0) is 25.1 Å². The summed E-state index contributed by atoms with van der Waals surface area (Å²) in [6.45, 7) is 2.08. The lowest BCUT2D eigenvalue weighted by atomic mass is 10.3. The van der Waals surface area contributed by atoms with Crippen LogP contribution in [0.25, 0.3) is 11.0 Å². The fraction of sp³-hybridized carbons (Fsp3) is 0.222. The number of nitrogens with zero attached hydrogens (tertiary/aromatic N) is 2. The van der Waals surface area contributed by atoms with Crippen LogP contribution in [0.4, 0.5) is 0 Å². The summed E-state index contributed by atoms with van der Waals surface area (Å²) >= 11 is 3.51. The molecule has 2 nitrogen and oxygen atoms in total. The molecule has 3 heteroatoms. The summed E-state index contributed by atoms with van der Waals surface area (Å²) in [5.41, 5.74) is 1.03. The van der Waals surface area contributed by atoms with Gasteiger partial charge in [-0.3, -0.25) is 0 Å². The van der Waals surface area contributed by atoms with Crippen LogP contribution < -0.4 is 0 Å². The van der Waals surface area contributed by atoms with Gasteiger partial charge in [-0.1, -0.05) is 15.9 Å². The second-order valence-corrected chi connectivity index (χ2v) is 4.04. The quantitative estimate of drug-likeness (QED) is 0.682. The zero-order valence-electron chi connectivity index (χ0n) is 6.74. The topological polar surface area (TPSA) is 17.8 Å². The monoisotopic (exact) mass is 224 g/mol. The van der Waals surface area contributed by atoms with Crippen molar-refractivity contribution in [2.45, 2.75) is 11.9 Å². The van der Waals surface area contributed by atoms with Gasteiger partial charge in [0.15, 0.2) is 0 Å². The predicted molar refractivity (Wildman–Crippen MR) is 53.4 cm³/mol. The molecule has 0 saturated heterocycles. The minimum atomic E-state index is 0.296. The van der Waals surface area contributed by atoms with Gasteiger partial charge in [0.1, 0.15) is 5.65 Å². The van der Waals surface area contributed by atoms with Crippen molar-refractivity contribution in [1.82, 2.24) is 9.55 Å². The second kappa shape index (κ2) is 2.90. The third kappa shape index (κ3) is 1.14. The first-order valence-corrected chi connectivity index (χ1v) is 4.76. The van der Waals surface area contributed by atoms with Gasteiger partial charge in [-0.2, -0.15) is 0 Å². The van der Waals surface area contributed by atoms with Gasteiger partial charge >= 0.3 is 0 Å². The van der Waals surface area contributed by atoms with E-state index in [0.717, 1.165) is 5.65 Å². The van der Waals surface area contributed by atoms with Gasteiger partial charge in [0, 0.05) is 17.8 Å². The first-order chi connectivity index (χ1) is 5.79. The fourth-order valence-electron chi connectivity index (χ4n) is 1.27. The highest BCUT2D eigenvalue weighted by molar-refractivity contribution is 9.09. The van der Waals surface area contributed by atoms with Gasteiger partial charge in [-0.25, -0.2) is 4.98 Å². The van der Waals surface area contributed by atoms with Gasteiger partial charge in [-0.15, -0.1) is 0 Å². The predicted octanol–water partition coefficient (Wildman–Crippen LogP) is 2.95. The minimum Gasteiger partial charge on any atom is -0.320 e. The lowest BCUT2D eigenvalue weighted by Crippen LogP contribution is -1.95. The van der Waals surface area contributed by atoms with Crippen LogP contribution in [0.15, 0.2) is 30.6 Å². The van der Waals surface area contributed by atoms with Crippen molar-refractivity contribution in [3.63, 3.8) is 0 Å². The standard InChI is InChI=1S/C9H9BrN2/c1-7(10)12-6-4-8-3-2-5-11-9(8)12/h2-7H,1H3. The second-order valence-electron chi connectivity index (χ2n) is 2.71. The first kappa shape index (κ1) is 7.80. The summed E-state index contributed by atoms with van der Waals surface area (Å²) in [4.78, 5) is 4.59. The van der Waals surface area contributed by atoms with E-state index in [4.69, 9.17) is 0 Å². The van der Waals surface area contributed by atoms with E-state index >= 15 is 0 Å². The first-order valence-electron chi connectivity index (χ1n) is 3.84. The molecule has 12 heavy (non-hydrogen) atoms. The highest BCUT2D eigenvalue weighted by atomic mass is 79.9. The number of aromatic nitrogens is 2. The smallest absolute Gasteiger partial charge is 0.140 e. The Hall–Kier alpha value is -0.830. The molecule has 0 fully saturated rings. The molecule has 0 aliphatic rings. The summed E-state index contributed by atoms with van der Waals surface area (Å²) in [5, 5.41) is 1.18. The van der Waals surface area contributed by atoms with Crippen molar-refractivity contribution >= 4 is 27.0 Å². The number of fused-ring (bicyclic) bond motifs is 1. The molecule has 0 spiro atoms. The van der Waals surface area contributed by atoms with Crippen LogP contribution in [0.5, 0.6) is 0 Å². The number of hydrogen-bond donors (Lipinski definition) is 0.